The lowest BCUT2D eigenvalue weighted by molar-refractivity contribution is 0.0670. The van der Waals surface area contributed by atoms with Gasteiger partial charge in [0.15, 0.2) is 0 Å². The summed E-state index contributed by atoms with van der Waals surface area (Å²) >= 11 is 3.11. The molecule has 1 fully saturated rings. The second kappa shape index (κ2) is 7.01. The van der Waals surface area contributed by atoms with Crippen molar-refractivity contribution in [1.82, 2.24) is 15.1 Å². The van der Waals surface area contributed by atoms with Gasteiger partial charge in [0.2, 0.25) is 0 Å². The summed E-state index contributed by atoms with van der Waals surface area (Å²) in [5.74, 6) is 0.831. The van der Waals surface area contributed by atoms with E-state index in [1.54, 1.807) is 18.9 Å². The maximum Gasteiger partial charge on any atom is 0.266 e. The van der Waals surface area contributed by atoms with Crippen molar-refractivity contribution in [2.75, 3.05) is 25.9 Å². The third-order valence-electron chi connectivity index (χ3n) is 4.83. The van der Waals surface area contributed by atoms with Gasteiger partial charge in [-0.1, -0.05) is 0 Å². The Morgan fingerprint density at radius 3 is 2.63 bits per heavy atom. The van der Waals surface area contributed by atoms with Crippen LogP contribution in [0, 0.1) is 13.8 Å². The molecular weight excluding hydrogens is 380 g/mol. The number of benzene rings is 1. The van der Waals surface area contributed by atoms with E-state index in [2.05, 4.69) is 10.2 Å². The quantitative estimate of drug-likeness (QED) is 0.722. The van der Waals surface area contributed by atoms with E-state index in [4.69, 9.17) is 10.5 Å². The standard InChI is InChI=1S/C19H20N4O2S2/c1-10-11(2)21-22-18-15(10)16(20)17(27-18)19(24)23-8-14(9-23)26-13-6-4-12(25-3)5-7-13/h4-7,14H,8-9,20H2,1-3H3. The van der Waals surface area contributed by atoms with Crippen LogP contribution in [-0.4, -0.2) is 46.5 Å². The first-order valence-electron chi connectivity index (χ1n) is 8.59. The molecule has 6 nitrogen and oxygen atoms in total. The SMILES string of the molecule is COc1ccc(SC2CN(C(=O)c3sc4nnc(C)c(C)c4c3N)C2)cc1. The number of carbonyl (C=O) groups is 1. The van der Waals surface area contributed by atoms with Crippen LogP contribution in [0.4, 0.5) is 5.69 Å². The van der Waals surface area contributed by atoms with Gasteiger partial charge in [0.05, 0.1) is 18.5 Å². The Bertz CT molecular complexity index is 1010. The van der Waals surface area contributed by atoms with Gasteiger partial charge in [-0.15, -0.1) is 28.2 Å². The highest BCUT2D eigenvalue weighted by Gasteiger charge is 2.34. The van der Waals surface area contributed by atoms with Gasteiger partial charge >= 0.3 is 0 Å². The number of nitrogen functional groups attached to an aromatic ring is 1. The number of hydrogen-bond acceptors (Lipinski definition) is 7. The molecule has 0 atom stereocenters. The summed E-state index contributed by atoms with van der Waals surface area (Å²) in [4.78, 5) is 17.2. The van der Waals surface area contributed by atoms with Crippen molar-refractivity contribution in [3.05, 3.63) is 40.4 Å². The maximum absolute atomic E-state index is 12.9. The van der Waals surface area contributed by atoms with E-state index < -0.39 is 0 Å². The highest BCUT2D eigenvalue weighted by atomic mass is 32.2. The number of aryl methyl sites for hydroxylation is 2. The Morgan fingerprint density at radius 1 is 1.26 bits per heavy atom. The molecular formula is C19H20N4O2S2. The molecule has 1 saturated heterocycles. The minimum atomic E-state index is -0.0147. The maximum atomic E-state index is 12.9. The van der Waals surface area contributed by atoms with Crippen LogP contribution in [-0.2, 0) is 0 Å². The molecule has 0 unspecified atom stereocenters. The lowest BCUT2D eigenvalue weighted by Crippen LogP contribution is -2.51. The van der Waals surface area contributed by atoms with Crippen LogP contribution in [0.3, 0.4) is 0 Å². The van der Waals surface area contributed by atoms with Gasteiger partial charge in [0, 0.05) is 28.6 Å². The molecule has 2 aromatic heterocycles. The second-order valence-corrected chi connectivity index (χ2v) is 8.93. The van der Waals surface area contributed by atoms with Crippen molar-refractivity contribution < 1.29 is 9.53 Å². The number of nitrogens with zero attached hydrogens (tertiary/aromatic N) is 3. The van der Waals surface area contributed by atoms with Crippen LogP contribution in [0.15, 0.2) is 29.2 Å². The van der Waals surface area contributed by atoms with Crippen molar-refractivity contribution in [2.45, 2.75) is 24.0 Å². The average Bonchev–Trinajstić information content (AvgIpc) is 2.98. The molecule has 3 heterocycles. The summed E-state index contributed by atoms with van der Waals surface area (Å²) < 4.78 is 5.18. The number of hydrogen-bond donors (Lipinski definition) is 1. The molecule has 0 spiro atoms. The number of carbonyl (C=O) groups excluding carboxylic acids is 1. The second-order valence-electron chi connectivity index (χ2n) is 6.56. The van der Waals surface area contributed by atoms with E-state index in [9.17, 15) is 4.79 Å². The number of thiophene rings is 1. The molecule has 1 aliphatic rings. The molecule has 3 aromatic rings. The van der Waals surface area contributed by atoms with Crippen molar-refractivity contribution in [3.63, 3.8) is 0 Å². The van der Waals surface area contributed by atoms with Crippen molar-refractivity contribution in [3.8, 4) is 5.75 Å². The summed E-state index contributed by atoms with van der Waals surface area (Å²) in [7, 11) is 1.66. The number of nitrogens with two attached hydrogens (primary N) is 1. The summed E-state index contributed by atoms with van der Waals surface area (Å²) in [5.41, 5.74) is 8.65. The Kier molecular flexibility index (Phi) is 4.69. The van der Waals surface area contributed by atoms with Gasteiger partial charge in [-0.3, -0.25) is 4.79 Å². The Hall–Kier alpha value is -2.32. The van der Waals surface area contributed by atoms with E-state index in [1.807, 2.05) is 43.0 Å². The zero-order valence-electron chi connectivity index (χ0n) is 15.4. The number of aromatic nitrogens is 2. The predicted molar refractivity (Wildman–Crippen MR) is 110 cm³/mol. The number of rotatable bonds is 4. The van der Waals surface area contributed by atoms with E-state index in [1.165, 1.54) is 16.2 Å². The minimum absolute atomic E-state index is 0.0147. The monoisotopic (exact) mass is 400 g/mol. The molecule has 1 aromatic carbocycles. The molecule has 140 valence electrons. The number of fused-ring (bicyclic) bond motifs is 1. The van der Waals surface area contributed by atoms with E-state index in [0.29, 0.717) is 28.9 Å². The summed E-state index contributed by atoms with van der Waals surface area (Å²) in [6.45, 7) is 5.30. The lowest BCUT2D eigenvalue weighted by atomic mass is 10.1. The number of likely N-dealkylation sites (tertiary alicyclic amines) is 1. The molecule has 0 bridgehead atoms. The van der Waals surface area contributed by atoms with Gasteiger partial charge in [0.25, 0.3) is 5.91 Å². The Balaban J connectivity index is 1.45. The largest absolute Gasteiger partial charge is 0.497 e. The smallest absolute Gasteiger partial charge is 0.266 e. The fourth-order valence-corrected chi connectivity index (χ4v) is 5.32. The van der Waals surface area contributed by atoms with Gasteiger partial charge in [-0.05, 0) is 43.7 Å². The van der Waals surface area contributed by atoms with Gasteiger partial charge in [-0.2, -0.15) is 5.10 Å². The zero-order chi connectivity index (χ0) is 19.1. The first kappa shape index (κ1) is 18.1. The number of methoxy groups -OCH3 is 1. The van der Waals surface area contributed by atoms with E-state index in [-0.39, 0.29) is 5.91 Å². The Labute approximate surface area is 165 Å². The van der Waals surface area contributed by atoms with Crippen LogP contribution in [0.25, 0.3) is 10.2 Å². The summed E-state index contributed by atoms with van der Waals surface area (Å²) in [5, 5.41) is 9.59. The highest BCUT2D eigenvalue weighted by molar-refractivity contribution is 8.00. The zero-order valence-corrected chi connectivity index (χ0v) is 17.0. The molecule has 2 N–H and O–H groups in total. The molecule has 0 aliphatic carbocycles. The average molecular weight is 401 g/mol. The number of ether oxygens (including phenoxy) is 1. The number of amides is 1. The van der Waals surface area contributed by atoms with Gasteiger partial charge in [-0.25, -0.2) is 0 Å². The van der Waals surface area contributed by atoms with Crippen LogP contribution in [0.5, 0.6) is 5.75 Å². The number of anilines is 1. The first-order valence-corrected chi connectivity index (χ1v) is 10.3. The normalized spacial score (nSPS) is 14.4. The third-order valence-corrected chi connectivity index (χ3v) is 7.08. The highest BCUT2D eigenvalue weighted by Crippen LogP contribution is 2.38. The lowest BCUT2D eigenvalue weighted by Gasteiger charge is -2.38. The molecule has 8 heteroatoms. The van der Waals surface area contributed by atoms with Crippen LogP contribution < -0.4 is 10.5 Å². The topological polar surface area (TPSA) is 81.3 Å². The summed E-state index contributed by atoms with van der Waals surface area (Å²) in [6, 6.07) is 7.99. The fraction of sp³-hybridized carbons (Fsp3) is 0.316. The fourth-order valence-electron chi connectivity index (χ4n) is 3.07. The van der Waals surface area contributed by atoms with E-state index >= 15 is 0 Å². The molecule has 1 aliphatic heterocycles. The van der Waals surface area contributed by atoms with Crippen LogP contribution >= 0.6 is 23.1 Å². The minimum Gasteiger partial charge on any atom is -0.497 e. The molecule has 0 radical (unpaired) electrons. The Morgan fingerprint density at radius 2 is 1.96 bits per heavy atom. The molecule has 1 amide bonds. The summed E-state index contributed by atoms with van der Waals surface area (Å²) in [6.07, 6.45) is 0. The van der Waals surface area contributed by atoms with Gasteiger partial charge < -0.3 is 15.4 Å². The molecule has 4 rings (SSSR count). The van der Waals surface area contributed by atoms with Gasteiger partial charge in [0.1, 0.15) is 15.5 Å². The predicted octanol–water partition coefficient (Wildman–Crippen LogP) is 3.52. The van der Waals surface area contributed by atoms with Crippen molar-refractivity contribution in [1.29, 1.82) is 0 Å². The third kappa shape index (κ3) is 3.23. The molecule has 0 saturated carbocycles. The van der Waals surface area contributed by atoms with Crippen molar-refractivity contribution in [2.24, 2.45) is 0 Å². The van der Waals surface area contributed by atoms with Crippen LogP contribution in [0.2, 0.25) is 0 Å². The van der Waals surface area contributed by atoms with E-state index in [0.717, 1.165) is 27.2 Å². The van der Waals surface area contributed by atoms with Crippen LogP contribution in [0.1, 0.15) is 20.9 Å². The first-order chi connectivity index (χ1) is 13.0. The van der Waals surface area contributed by atoms with Crippen molar-refractivity contribution >= 4 is 44.9 Å². The molecule has 27 heavy (non-hydrogen) atoms. The number of thioether (sulfide) groups is 1.